The van der Waals surface area contributed by atoms with Gasteiger partial charge in [0.1, 0.15) is 0 Å². The number of nitrogens with one attached hydrogen (secondary N) is 1. The minimum Gasteiger partial charge on any atom is -0.314 e. The van der Waals surface area contributed by atoms with E-state index in [1.165, 1.54) is 30.7 Å². The van der Waals surface area contributed by atoms with Gasteiger partial charge in [-0.25, -0.2) is 4.98 Å². The van der Waals surface area contributed by atoms with E-state index >= 15 is 0 Å². The van der Waals surface area contributed by atoms with Crippen LogP contribution < -0.4 is 5.32 Å². The zero-order valence-electron chi connectivity index (χ0n) is 11.3. The van der Waals surface area contributed by atoms with Crippen molar-refractivity contribution in [3.8, 4) is 0 Å². The summed E-state index contributed by atoms with van der Waals surface area (Å²) in [7, 11) is 0. The fourth-order valence-corrected chi connectivity index (χ4v) is 3.55. The van der Waals surface area contributed by atoms with E-state index in [1.54, 1.807) is 11.3 Å². The van der Waals surface area contributed by atoms with Gasteiger partial charge in [-0.15, -0.1) is 11.3 Å². The first kappa shape index (κ1) is 13.0. The zero-order chi connectivity index (χ0) is 12.3. The van der Waals surface area contributed by atoms with Gasteiger partial charge in [-0.1, -0.05) is 20.3 Å². The van der Waals surface area contributed by atoms with Crippen molar-refractivity contribution in [2.45, 2.75) is 58.9 Å². The summed E-state index contributed by atoms with van der Waals surface area (Å²) in [6.45, 7) is 7.93. The van der Waals surface area contributed by atoms with Crippen molar-refractivity contribution in [2.75, 3.05) is 6.54 Å². The molecule has 0 radical (unpaired) electrons. The molecule has 1 aliphatic rings. The molecule has 0 aromatic carbocycles. The quantitative estimate of drug-likeness (QED) is 0.886. The topological polar surface area (TPSA) is 24.9 Å². The van der Waals surface area contributed by atoms with Crippen molar-refractivity contribution in [2.24, 2.45) is 5.41 Å². The third-order valence-electron chi connectivity index (χ3n) is 3.64. The number of aromatic nitrogens is 1. The molecule has 0 saturated heterocycles. The highest BCUT2D eigenvalue weighted by Crippen LogP contribution is 2.34. The van der Waals surface area contributed by atoms with Crippen LogP contribution in [0, 0.1) is 12.3 Å². The lowest BCUT2D eigenvalue weighted by molar-refractivity contribution is 0.199. The van der Waals surface area contributed by atoms with Crippen LogP contribution in [0.15, 0.2) is 5.38 Å². The van der Waals surface area contributed by atoms with E-state index in [0.717, 1.165) is 24.7 Å². The van der Waals surface area contributed by atoms with Crippen LogP contribution in [0.5, 0.6) is 0 Å². The van der Waals surface area contributed by atoms with Crippen LogP contribution in [0.3, 0.4) is 0 Å². The van der Waals surface area contributed by atoms with Gasteiger partial charge >= 0.3 is 0 Å². The average Bonchev–Trinajstić information content (AvgIpc) is 2.63. The molecule has 1 atom stereocenters. The molecule has 0 bridgehead atoms. The van der Waals surface area contributed by atoms with E-state index in [-0.39, 0.29) is 0 Å². The largest absolute Gasteiger partial charge is 0.314 e. The van der Waals surface area contributed by atoms with E-state index in [4.69, 9.17) is 0 Å². The Balaban J connectivity index is 1.71. The Morgan fingerprint density at radius 3 is 3.00 bits per heavy atom. The van der Waals surface area contributed by atoms with Crippen molar-refractivity contribution in [3.05, 3.63) is 16.1 Å². The molecule has 0 spiro atoms. The number of nitrogens with zero attached hydrogens (tertiary/aromatic N) is 1. The van der Waals surface area contributed by atoms with E-state index in [2.05, 4.69) is 36.5 Å². The van der Waals surface area contributed by atoms with E-state index in [0.29, 0.717) is 5.41 Å². The Kier molecular flexibility index (Phi) is 4.21. The third kappa shape index (κ3) is 4.07. The maximum atomic E-state index is 4.50. The Labute approximate surface area is 109 Å². The monoisotopic (exact) mass is 252 g/mol. The molecule has 1 fully saturated rings. The fraction of sp³-hybridized carbons (Fsp3) is 0.786. The average molecular weight is 252 g/mol. The molecular weight excluding hydrogens is 228 g/mol. The summed E-state index contributed by atoms with van der Waals surface area (Å²) in [6.07, 6.45) is 6.51. The summed E-state index contributed by atoms with van der Waals surface area (Å²) < 4.78 is 0. The molecule has 0 aliphatic heterocycles. The molecule has 2 nitrogen and oxygen atoms in total. The number of aryl methyl sites for hydroxylation is 1. The molecule has 1 heterocycles. The summed E-state index contributed by atoms with van der Waals surface area (Å²) in [5.41, 5.74) is 1.69. The molecule has 2 rings (SSSR count). The minimum atomic E-state index is 0.535. The molecule has 1 aromatic rings. The molecule has 1 saturated carbocycles. The van der Waals surface area contributed by atoms with Crippen LogP contribution in [0.25, 0.3) is 0 Å². The smallest absolute Gasteiger partial charge is 0.0940 e. The highest BCUT2D eigenvalue weighted by atomic mass is 32.1. The van der Waals surface area contributed by atoms with Crippen LogP contribution in [0.1, 0.15) is 50.2 Å². The van der Waals surface area contributed by atoms with Gasteiger partial charge in [0.15, 0.2) is 0 Å². The minimum absolute atomic E-state index is 0.535. The number of hydrogen-bond acceptors (Lipinski definition) is 3. The number of rotatable bonds is 4. The highest BCUT2D eigenvalue weighted by Gasteiger charge is 2.27. The second-order valence-corrected chi connectivity index (χ2v) is 6.99. The first-order valence-corrected chi connectivity index (χ1v) is 7.57. The Morgan fingerprint density at radius 2 is 2.35 bits per heavy atom. The maximum absolute atomic E-state index is 4.50. The molecular formula is C14H24N2S. The summed E-state index contributed by atoms with van der Waals surface area (Å²) in [6, 6.07) is 0.722. The van der Waals surface area contributed by atoms with Gasteiger partial charge in [-0.3, -0.25) is 0 Å². The van der Waals surface area contributed by atoms with Crippen molar-refractivity contribution in [1.29, 1.82) is 0 Å². The van der Waals surface area contributed by atoms with Gasteiger partial charge in [-0.05, 0) is 31.6 Å². The van der Waals surface area contributed by atoms with Crippen LogP contribution in [0.4, 0.5) is 0 Å². The molecule has 1 aromatic heterocycles. The molecule has 1 unspecified atom stereocenters. The summed E-state index contributed by atoms with van der Waals surface area (Å²) in [4.78, 5) is 4.50. The van der Waals surface area contributed by atoms with Crippen LogP contribution in [-0.4, -0.2) is 17.6 Å². The predicted octanol–water partition coefficient (Wildman–Crippen LogP) is 3.55. The molecule has 1 aliphatic carbocycles. The fourth-order valence-electron chi connectivity index (χ4n) is 2.77. The third-order valence-corrected chi connectivity index (χ3v) is 4.67. The molecule has 17 heavy (non-hydrogen) atoms. The summed E-state index contributed by atoms with van der Waals surface area (Å²) in [5.74, 6) is 0. The maximum Gasteiger partial charge on any atom is 0.0940 e. The Bertz CT molecular complexity index is 357. The predicted molar refractivity (Wildman–Crippen MR) is 74.6 cm³/mol. The standard InChI is InChI=1S/C14H24N2S/c1-11-10-17-13(16-11)6-8-15-12-5-4-7-14(2,3)9-12/h10,12,15H,4-9H2,1-3H3. The lowest BCUT2D eigenvalue weighted by Gasteiger charge is -2.35. The van der Waals surface area contributed by atoms with E-state index < -0.39 is 0 Å². The zero-order valence-corrected chi connectivity index (χ0v) is 12.1. The number of hydrogen-bond donors (Lipinski definition) is 1. The van der Waals surface area contributed by atoms with Crippen LogP contribution in [0.2, 0.25) is 0 Å². The Hall–Kier alpha value is -0.410. The second kappa shape index (κ2) is 5.49. The molecule has 0 amide bonds. The Morgan fingerprint density at radius 1 is 1.53 bits per heavy atom. The summed E-state index contributed by atoms with van der Waals surface area (Å²) >= 11 is 1.78. The lowest BCUT2D eigenvalue weighted by Crippen LogP contribution is -2.38. The van der Waals surface area contributed by atoms with Gasteiger partial charge in [0.05, 0.1) is 5.01 Å². The van der Waals surface area contributed by atoms with Gasteiger partial charge in [0.2, 0.25) is 0 Å². The first-order chi connectivity index (χ1) is 8.05. The van der Waals surface area contributed by atoms with Crippen molar-refractivity contribution < 1.29 is 0 Å². The highest BCUT2D eigenvalue weighted by molar-refractivity contribution is 7.09. The van der Waals surface area contributed by atoms with Crippen molar-refractivity contribution in [1.82, 2.24) is 10.3 Å². The van der Waals surface area contributed by atoms with Crippen molar-refractivity contribution in [3.63, 3.8) is 0 Å². The summed E-state index contributed by atoms with van der Waals surface area (Å²) in [5, 5.41) is 7.11. The number of thiazole rings is 1. The van der Waals surface area contributed by atoms with Crippen LogP contribution in [-0.2, 0) is 6.42 Å². The second-order valence-electron chi connectivity index (χ2n) is 6.04. The van der Waals surface area contributed by atoms with Gasteiger partial charge in [0.25, 0.3) is 0 Å². The van der Waals surface area contributed by atoms with E-state index in [9.17, 15) is 0 Å². The van der Waals surface area contributed by atoms with Gasteiger partial charge < -0.3 is 5.32 Å². The van der Waals surface area contributed by atoms with Gasteiger partial charge in [-0.2, -0.15) is 0 Å². The van der Waals surface area contributed by atoms with Crippen LogP contribution >= 0.6 is 11.3 Å². The first-order valence-electron chi connectivity index (χ1n) is 6.70. The SMILES string of the molecule is Cc1csc(CCNC2CCCC(C)(C)C2)n1. The molecule has 1 N–H and O–H groups in total. The molecule has 96 valence electrons. The van der Waals surface area contributed by atoms with Crippen molar-refractivity contribution >= 4 is 11.3 Å². The normalized spacial score (nSPS) is 23.8. The molecule has 3 heteroatoms. The lowest BCUT2D eigenvalue weighted by atomic mass is 9.75. The van der Waals surface area contributed by atoms with E-state index in [1.807, 2.05) is 0 Å². The van der Waals surface area contributed by atoms with Gasteiger partial charge in [0, 0.05) is 30.1 Å².